The first-order valence-corrected chi connectivity index (χ1v) is 15.0. The summed E-state index contributed by atoms with van der Waals surface area (Å²) in [7, 11) is -0.837. The summed E-state index contributed by atoms with van der Waals surface area (Å²) in [6, 6.07) is 23.9. The molecule has 1 aliphatic rings. The number of benzene rings is 3. The SMILES string of the molecule is CCCCCC1CC[SiH](c2ccc(-c3ccc(CCc4ccc(F)cc4)c(F)c3)cc2)CC1. The van der Waals surface area contributed by atoms with Crippen LogP contribution in [0.25, 0.3) is 11.1 Å². The molecular formula is C30H36F2Si. The molecule has 3 heteroatoms. The minimum Gasteiger partial charge on any atom is -0.207 e. The number of hydrogen-bond donors (Lipinski definition) is 0. The van der Waals surface area contributed by atoms with Gasteiger partial charge < -0.3 is 0 Å². The monoisotopic (exact) mass is 462 g/mol. The number of rotatable bonds is 9. The summed E-state index contributed by atoms with van der Waals surface area (Å²) < 4.78 is 27.8. The standard InChI is InChI=1S/C30H36F2Si/c1-2-3-4-5-23-18-20-33(21-19-23)29-16-12-25(13-17-29)27-11-10-26(30(32)22-27)9-6-24-7-14-28(31)15-8-24/h7-8,10-17,22-23,33H,2-6,9,18-21H2,1H3. The molecular weight excluding hydrogens is 426 g/mol. The molecule has 1 heterocycles. The van der Waals surface area contributed by atoms with Crippen molar-refractivity contribution in [2.45, 2.75) is 70.4 Å². The molecule has 33 heavy (non-hydrogen) atoms. The molecule has 0 nitrogen and oxygen atoms in total. The van der Waals surface area contributed by atoms with Gasteiger partial charge in [0.15, 0.2) is 0 Å². The molecule has 3 aromatic carbocycles. The molecule has 174 valence electrons. The minimum atomic E-state index is -0.837. The summed E-state index contributed by atoms with van der Waals surface area (Å²) in [4.78, 5) is 0. The Morgan fingerprint density at radius 1 is 0.788 bits per heavy atom. The molecule has 3 aromatic rings. The van der Waals surface area contributed by atoms with E-state index in [-0.39, 0.29) is 11.6 Å². The Bertz CT molecular complexity index is 1000. The van der Waals surface area contributed by atoms with Crippen molar-refractivity contribution < 1.29 is 8.78 Å². The van der Waals surface area contributed by atoms with E-state index < -0.39 is 8.80 Å². The smallest absolute Gasteiger partial charge is 0.127 e. The number of halogens is 2. The van der Waals surface area contributed by atoms with Crippen molar-refractivity contribution in [1.29, 1.82) is 0 Å². The van der Waals surface area contributed by atoms with Gasteiger partial charge in [0.25, 0.3) is 0 Å². The van der Waals surface area contributed by atoms with Crippen LogP contribution in [0.3, 0.4) is 0 Å². The van der Waals surface area contributed by atoms with E-state index in [0.717, 1.165) is 22.6 Å². The van der Waals surface area contributed by atoms with E-state index in [1.54, 1.807) is 23.4 Å². The van der Waals surface area contributed by atoms with Crippen LogP contribution in [0.15, 0.2) is 66.7 Å². The van der Waals surface area contributed by atoms with Crippen molar-refractivity contribution in [3.05, 3.63) is 89.5 Å². The van der Waals surface area contributed by atoms with Crippen LogP contribution in [-0.4, -0.2) is 8.80 Å². The molecule has 0 aliphatic carbocycles. The Morgan fingerprint density at radius 2 is 1.48 bits per heavy atom. The fourth-order valence-electron chi connectivity index (χ4n) is 5.27. The van der Waals surface area contributed by atoms with Gasteiger partial charge in [0, 0.05) is 0 Å². The molecule has 0 N–H and O–H groups in total. The molecule has 1 fully saturated rings. The van der Waals surface area contributed by atoms with E-state index in [0.29, 0.717) is 18.4 Å². The first kappa shape index (κ1) is 23.9. The number of unbranched alkanes of at least 4 members (excludes halogenated alkanes) is 2. The second-order valence-corrected chi connectivity index (χ2v) is 13.0. The van der Waals surface area contributed by atoms with Crippen molar-refractivity contribution in [1.82, 2.24) is 0 Å². The second-order valence-electron chi connectivity index (χ2n) is 9.77. The molecule has 0 unspecified atom stereocenters. The molecule has 4 rings (SSSR count). The lowest BCUT2D eigenvalue weighted by Gasteiger charge is -2.28. The maximum absolute atomic E-state index is 14.8. The topological polar surface area (TPSA) is 0 Å². The summed E-state index contributed by atoms with van der Waals surface area (Å²) in [5, 5.41) is 1.57. The molecule has 0 bridgehead atoms. The molecule has 1 saturated heterocycles. The van der Waals surface area contributed by atoms with Gasteiger partial charge in [-0.3, -0.25) is 0 Å². The van der Waals surface area contributed by atoms with Crippen LogP contribution in [0.5, 0.6) is 0 Å². The quantitative estimate of drug-likeness (QED) is 0.224. The average molecular weight is 463 g/mol. The lowest BCUT2D eigenvalue weighted by molar-refractivity contribution is 0.418. The normalized spacial score (nSPS) is 18.4. The molecule has 0 atom stereocenters. The fraction of sp³-hybridized carbons (Fsp3) is 0.400. The van der Waals surface area contributed by atoms with Gasteiger partial charge in [-0.15, -0.1) is 0 Å². The Morgan fingerprint density at radius 3 is 2.15 bits per heavy atom. The zero-order chi connectivity index (χ0) is 23.0. The molecule has 0 amide bonds. The third-order valence-electron chi connectivity index (χ3n) is 7.43. The van der Waals surface area contributed by atoms with Gasteiger partial charge in [-0.25, -0.2) is 8.78 Å². The first-order chi connectivity index (χ1) is 16.1. The predicted octanol–water partition coefficient (Wildman–Crippen LogP) is 7.84. The maximum Gasteiger partial charge on any atom is 0.127 e. The summed E-state index contributed by atoms with van der Waals surface area (Å²) >= 11 is 0. The van der Waals surface area contributed by atoms with Crippen LogP contribution in [-0.2, 0) is 12.8 Å². The zero-order valence-electron chi connectivity index (χ0n) is 19.8. The Kier molecular flexibility index (Phi) is 8.50. The van der Waals surface area contributed by atoms with Gasteiger partial charge in [-0.05, 0) is 59.2 Å². The van der Waals surface area contributed by atoms with Crippen molar-refractivity contribution in [2.75, 3.05) is 0 Å². The minimum absolute atomic E-state index is 0.158. The van der Waals surface area contributed by atoms with Crippen LogP contribution in [0.4, 0.5) is 8.78 Å². The van der Waals surface area contributed by atoms with Crippen molar-refractivity contribution in [3.63, 3.8) is 0 Å². The van der Waals surface area contributed by atoms with Crippen molar-refractivity contribution in [3.8, 4) is 11.1 Å². The van der Waals surface area contributed by atoms with E-state index in [1.807, 2.05) is 12.1 Å². The molecule has 1 aliphatic heterocycles. The van der Waals surface area contributed by atoms with E-state index in [9.17, 15) is 8.78 Å². The van der Waals surface area contributed by atoms with Gasteiger partial charge in [0.1, 0.15) is 11.6 Å². The zero-order valence-corrected chi connectivity index (χ0v) is 21.0. The Hall–Kier alpha value is -2.26. The highest BCUT2D eigenvalue weighted by Gasteiger charge is 2.23. The summed E-state index contributed by atoms with van der Waals surface area (Å²) in [5.74, 6) is 0.566. The van der Waals surface area contributed by atoms with E-state index >= 15 is 0 Å². The average Bonchev–Trinajstić information content (AvgIpc) is 2.85. The van der Waals surface area contributed by atoms with Crippen molar-refractivity contribution in [2.24, 2.45) is 5.92 Å². The summed E-state index contributed by atoms with van der Waals surface area (Å²) in [6.07, 6.45) is 9.71. The van der Waals surface area contributed by atoms with Crippen LogP contribution in [0.1, 0.15) is 56.6 Å². The highest BCUT2D eigenvalue weighted by atomic mass is 28.3. The van der Waals surface area contributed by atoms with Crippen LogP contribution >= 0.6 is 0 Å². The van der Waals surface area contributed by atoms with Gasteiger partial charge >= 0.3 is 0 Å². The first-order valence-electron chi connectivity index (χ1n) is 12.8. The molecule has 0 radical (unpaired) electrons. The van der Waals surface area contributed by atoms with Crippen LogP contribution in [0.2, 0.25) is 12.1 Å². The second kappa shape index (κ2) is 11.7. The molecule has 0 saturated carbocycles. The number of hydrogen-bond acceptors (Lipinski definition) is 0. The maximum atomic E-state index is 14.8. The Labute approximate surface area is 199 Å². The van der Waals surface area contributed by atoms with Gasteiger partial charge in [-0.1, -0.05) is 111 Å². The van der Waals surface area contributed by atoms with Gasteiger partial charge in [0.05, 0.1) is 8.80 Å². The highest BCUT2D eigenvalue weighted by molar-refractivity contribution is 6.73. The predicted molar refractivity (Wildman–Crippen MR) is 139 cm³/mol. The van der Waals surface area contributed by atoms with Crippen LogP contribution < -0.4 is 5.19 Å². The lowest BCUT2D eigenvalue weighted by atomic mass is 9.96. The highest BCUT2D eigenvalue weighted by Crippen LogP contribution is 2.30. The number of aryl methyl sites for hydroxylation is 2. The van der Waals surface area contributed by atoms with E-state index in [2.05, 4.69) is 31.2 Å². The summed E-state index contributed by atoms with van der Waals surface area (Å²) in [6.45, 7) is 2.28. The molecule has 0 spiro atoms. The van der Waals surface area contributed by atoms with E-state index in [4.69, 9.17) is 0 Å². The fourth-order valence-corrected chi connectivity index (χ4v) is 8.71. The van der Waals surface area contributed by atoms with Gasteiger partial charge in [0.2, 0.25) is 0 Å². The Balaban J connectivity index is 1.33. The van der Waals surface area contributed by atoms with Gasteiger partial charge in [-0.2, -0.15) is 0 Å². The summed E-state index contributed by atoms with van der Waals surface area (Å²) in [5.41, 5.74) is 3.76. The third kappa shape index (κ3) is 6.63. The van der Waals surface area contributed by atoms with Crippen LogP contribution in [0, 0.1) is 17.6 Å². The third-order valence-corrected chi connectivity index (χ3v) is 10.8. The largest absolute Gasteiger partial charge is 0.207 e. The molecule has 0 aromatic heterocycles. The van der Waals surface area contributed by atoms with Crippen molar-refractivity contribution >= 4 is 14.0 Å². The lowest BCUT2D eigenvalue weighted by Crippen LogP contribution is -2.33. The van der Waals surface area contributed by atoms with E-state index in [1.165, 1.54) is 62.7 Å².